The van der Waals surface area contributed by atoms with Crippen molar-refractivity contribution in [2.75, 3.05) is 19.6 Å². The second kappa shape index (κ2) is 5.02. The lowest BCUT2D eigenvalue weighted by Gasteiger charge is -2.46. The monoisotopic (exact) mass is 246 g/mol. The van der Waals surface area contributed by atoms with Gasteiger partial charge in [-0.2, -0.15) is 0 Å². The van der Waals surface area contributed by atoms with E-state index in [2.05, 4.69) is 63.0 Å². The number of benzene rings is 1. The molecule has 0 saturated carbocycles. The first-order valence-electron chi connectivity index (χ1n) is 6.96. The average Bonchev–Trinajstić information content (AvgIpc) is 2.26. The molecule has 0 aliphatic carbocycles. The molecule has 2 nitrogen and oxygen atoms in total. The van der Waals surface area contributed by atoms with E-state index >= 15 is 0 Å². The third-order valence-electron chi connectivity index (χ3n) is 4.06. The van der Waals surface area contributed by atoms with E-state index < -0.39 is 0 Å². The molecule has 0 radical (unpaired) electrons. The van der Waals surface area contributed by atoms with E-state index in [1.165, 1.54) is 16.7 Å². The predicted octanol–water partition coefficient (Wildman–Crippen LogP) is 3.05. The summed E-state index contributed by atoms with van der Waals surface area (Å²) in [6.07, 6.45) is 0. The number of hydrogen-bond acceptors (Lipinski definition) is 2. The largest absolute Gasteiger partial charge is 0.314 e. The van der Waals surface area contributed by atoms with E-state index in [1.54, 1.807) is 0 Å². The highest BCUT2D eigenvalue weighted by Gasteiger charge is 2.33. The molecule has 0 bridgehead atoms. The first kappa shape index (κ1) is 13.6. The Bertz CT molecular complexity index is 403. The number of nitrogens with one attached hydrogen (secondary N) is 1. The van der Waals surface area contributed by atoms with Gasteiger partial charge in [-0.3, -0.25) is 4.90 Å². The van der Waals surface area contributed by atoms with Crippen LogP contribution in [0.4, 0.5) is 0 Å². The van der Waals surface area contributed by atoms with Gasteiger partial charge in [0.05, 0.1) is 0 Å². The highest BCUT2D eigenvalue weighted by molar-refractivity contribution is 5.30. The summed E-state index contributed by atoms with van der Waals surface area (Å²) in [7, 11) is 0. The second-order valence-corrected chi connectivity index (χ2v) is 6.28. The number of hydrogen-bond donors (Lipinski definition) is 1. The molecular weight excluding hydrogens is 220 g/mol. The van der Waals surface area contributed by atoms with Crippen molar-refractivity contribution in [1.29, 1.82) is 0 Å². The highest BCUT2D eigenvalue weighted by Crippen LogP contribution is 2.29. The summed E-state index contributed by atoms with van der Waals surface area (Å²) >= 11 is 0. The fourth-order valence-electron chi connectivity index (χ4n) is 3.15. The summed E-state index contributed by atoms with van der Waals surface area (Å²) in [5.74, 6) is 0. The van der Waals surface area contributed by atoms with Crippen LogP contribution in [0.1, 0.15) is 43.5 Å². The molecule has 1 aliphatic rings. The molecule has 1 N–H and O–H groups in total. The molecule has 1 unspecified atom stereocenters. The van der Waals surface area contributed by atoms with Crippen LogP contribution in [-0.2, 0) is 0 Å². The summed E-state index contributed by atoms with van der Waals surface area (Å²) < 4.78 is 0. The van der Waals surface area contributed by atoms with Crippen molar-refractivity contribution < 1.29 is 0 Å². The van der Waals surface area contributed by atoms with Gasteiger partial charge in [0.2, 0.25) is 0 Å². The van der Waals surface area contributed by atoms with Crippen molar-refractivity contribution >= 4 is 0 Å². The van der Waals surface area contributed by atoms with E-state index in [0.29, 0.717) is 6.04 Å². The van der Waals surface area contributed by atoms with Crippen LogP contribution in [0.3, 0.4) is 0 Å². The molecule has 100 valence electrons. The molecule has 1 aromatic carbocycles. The van der Waals surface area contributed by atoms with E-state index in [0.717, 1.165) is 19.6 Å². The topological polar surface area (TPSA) is 15.3 Å². The lowest BCUT2D eigenvalue weighted by Crippen LogP contribution is -2.58. The first-order chi connectivity index (χ1) is 8.40. The van der Waals surface area contributed by atoms with Crippen LogP contribution in [0, 0.1) is 13.8 Å². The maximum absolute atomic E-state index is 3.49. The summed E-state index contributed by atoms with van der Waals surface area (Å²) in [5, 5.41) is 3.49. The minimum Gasteiger partial charge on any atom is -0.314 e. The summed E-state index contributed by atoms with van der Waals surface area (Å²) in [4.78, 5) is 2.62. The van der Waals surface area contributed by atoms with Crippen molar-refractivity contribution in [1.82, 2.24) is 10.2 Å². The molecule has 1 atom stereocenters. The maximum atomic E-state index is 3.49. The zero-order chi connectivity index (χ0) is 13.3. The Morgan fingerprint density at radius 3 is 2.33 bits per heavy atom. The first-order valence-corrected chi connectivity index (χ1v) is 6.96. The quantitative estimate of drug-likeness (QED) is 0.863. The molecule has 0 amide bonds. The van der Waals surface area contributed by atoms with Crippen LogP contribution in [0.5, 0.6) is 0 Å². The number of aryl methyl sites for hydroxylation is 2. The van der Waals surface area contributed by atoms with Crippen LogP contribution in [0.2, 0.25) is 0 Å². The highest BCUT2D eigenvalue weighted by atomic mass is 15.3. The zero-order valence-corrected chi connectivity index (χ0v) is 12.4. The van der Waals surface area contributed by atoms with E-state index in [4.69, 9.17) is 0 Å². The van der Waals surface area contributed by atoms with Gasteiger partial charge in [-0.15, -0.1) is 0 Å². The van der Waals surface area contributed by atoms with Gasteiger partial charge in [-0.25, -0.2) is 0 Å². The molecular formula is C16H26N2. The van der Waals surface area contributed by atoms with Crippen LogP contribution in [0.15, 0.2) is 18.2 Å². The lowest BCUT2D eigenvalue weighted by atomic mass is 9.93. The van der Waals surface area contributed by atoms with Gasteiger partial charge >= 0.3 is 0 Å². The Morgan fingerprint density at radius 1 is 1.17 bits per heavy atom. The van der Waals surface area contributed by atoms with Crippen LogP contribution < -0.4 is 5.32 Å². The fraction of sp³-hybridized carbons (Fsp3) is 0.625. The molecule has 1 aliphatic heterocycles. The molecule has 1 heterocycles. The van der Waals surface area contributed by atoms with Crippen molar-refractivity contribution in [3.05, 3.63) is 34.9 Å². The molecule has 18 heavy (non-hydrogen) atoms. The van der Waals surface area contributed by atoms with E-state index in [1.807, 2.05) is 0 Å². The molecule has 1 fully saturated rings. The average molecular weight is 246 g/mol. The van der Waals surface area contributed by atoms with Gasteiger partial charge in [0.1, 0.15) is 0 Å². The van der Waals surface area contributed by atoms with Gasteiger partial charge in [-0.05, 0) is 40.2 Å². The molecule has 2 rings (SSSR count). The van der Waals surface area contributed by atoms with E-state index in [-0.39, 0.29) is 5.54 Å². The summed E-state index contributed by atoms with van der Waals surface area (Å²) in [6.45, 7) is 14.7. The van der Waals surface area contributed by atoms with Gasteiger partial charge < -0.3 is 5.32 Å². The van der Waals surface area contributed by atoms with Crippen molar-refractivity contribution in [3.8, 4) is 0 Å². The second-order valence-electron chi connectivity index (χ2n) is 6.28. The zero-order valence-electron chi connectivity index (χ0n) is 12.4. The van der Waals surface area contributed by atoms with Gasteiger partial charge in [0.25, 0.3) is 0 Å². The molecule has 2 heteroatoms. The predicted molar refractivity (Wildman–Crippen MR) is 78.0 cm³/mol. The SMILES string of the molecule is Cc1cc(C)cc(C(C)N2CCNCC2(C)C)c1. The Kier molecular flexibility index (Phi) is 3.79. The number of rotatable bonds is 2. The summed E-state index contributed by atoms with van der Waals surface area (Å²) in [5.41, 5.74) is 4.41. The minimum atomic E-state index is 0.231. The number of piperazine rings is 1. The van der Waals surface area contributed by atoms with Gasteiger partial charge in [-0.1, -0.05) is 29.3 Å². The van der Waals surface area contributed by atoms with Crippen LogP contribution in [0.25, 0.3) is 0 Å². The maximum Gasteiger partial charge on any atom is 0.0326 e. The Hall–Kier alpha value is -0.860. The van der Waals surface area contributed by atoms with Crippen LogP contribution in [-0.4, -0.2) is 30.1 Å². The smallest absolute Gasteiger partial charge is 0.0326 e. The van der Waals surface area contributed by atoms with Crippen molar-refractivity contribution in [2.45, 2.75) is 46.2 Å². The van der Waals surface area contributed by atoms with Crippen LogP contribution >= 0.6 is 0 Å². The minimum absolute atomic E-state index is 0.231. The third kappa shape index (κ3) is 2.76. The van der Waals surface area contributed by atoms with Gasteiger partial charge in [0, 0.05) is 31.2 Å². The molecule has 0 aromatic heterocycles. The molecule has 1 saturated heterocycles. The lowest BCUT2D eigenvalue weighted by molar-refractivity contribution is 0.0516. The standard InChI is InChI=1S/C16H26N2/c1-12-8-13(2)10-15(9-12)14(3)18-7-6-17-11-16(18,4)5/h8-10,14,17H,6-7,11H2,1-5H3. The third-order valence-corrected chi connectivity index (χ3v) is 4.06. The van der Waals surface area contributed by atoms with Crippen molar-refractivity contribution in [3.63, 3.8) is 0 Å². The Balaban J connectivity index is 2.26. The van der Waals surface area contributed by atoms with E-state index in [9.17, 15) is 0 Å². The van der Waals surface area contributed by atoms with Crippen molar-refractivity contribution in [2.24, 2.45) is 0 Å². The van der Waals surface area contributed by atoms with Gasteiger partial charge in [0.15, 0.2) is 0 Å². The number of nitrogens with zero attached hydrogens (tertiary/aromatic N) is 1. The fourth-order valence-corrected chi connectivity index (χ4v) is 3.15. The normalized spacial score (nSPS) is 21.8. The molecule has 1 aromatic rings. The Labute approximate surface area is 111 Å². The Morgan fingerprint density at radius 2 is 1.78 bits per heavy atom. The summed E-state index contributed by atoms with van der Waals surface area (Å²) in [6, 6.07) is 7.39. The molecule has 0 spiro atoms.